The number of hydrogen-bond acceptors (Lipinski definition) is 5. The SMILES string of the molecule is CC.CC(N)=O.Cc1cccc2[nH]c(C(=O)N[C@H](C(=O)N[C@H](C=O)C[C@@H]3CCNC3=O)C3CCCCC3)cc12. The van der Waals surface area contributed by atoms with Crippen LogP contribution in [0.2, 0.25) is 0 Å². The van der Waals surface area contributed by atoms with Gasteiger partial charge in [0.25, 0.3) is 5.91 Å². The Kier molecular flexibility index (Phi) is 12.7. The van der Waals surface area contributed by atoms with Crippen molar-refractivity contribution in [1.29, 1.82) is 0 Å². The van der Waals surface area contributed by atoms with Gasteiger partial charge in [0, 0.05) is 30.3 Å². The normalized spacial score (nSPS) is 18.4. The van der Waals surface area contributed by atoms with Gasteiger partial charge >= 0.3 is 0 Å². The van der Waals surface area contributed by atoms with E-state index in [9.17, 15) is 24.0 Å². The monoisotopic (exact) mass is 541 g/mol. The number of aryl methyl sites for hydroxylation is 1. The van der Waals surface area contributed by atoms with Crippen LogP contribution in [0, 0.1) is 18.8 Å². The van der Waals surface area contributed by atoms with Crippen molar-refractivity contribution < 1.29 is 24.0 Å². The van der Waals surface area contributed by atoms with Crippen molar-refractivity contribution in [2.75, 3.05) is 6.54 Å². The molecule has 1 saturated carbocycles. The lowest BCUT2D eigenvalue weighted by Gasteiger charge is -2.31. The van der Waals surface area contributed by atoms with E-state index in [0.29, 0.717) is 24.9 Å². The van der Waals surface area contributed by atoms with Crippen LogP contribution in [0.1, 0.15) is 81.8 Å². The Balaban J connectivity index is 0.000000815. The molecule has 0 unspecified atom stereocenters. The number of nitrogens with one attached hydrogen (secondary N) is 4. The number of aromatic amines is 1. The van der Waals surface area contributed by atoms with Crippen molar-refractivity contribution in [2.45, 2.75) is 84.7 Å². The molecule has 0 radical (unpaired) electrons. The molecule has 2 aliphatic rings. The van der Waals surface area contributed by atoms with E-state index < -0.39 is 12.1 Å². The number of benzene rings is 1. The fourth-order valence-corrected chi connectivity index (χ4v) is 5.11. The minimum absolute atomic E-state index is 0.0101. The standard InChI is InChI=1S/C25H32N4O4.C2H5NO.C2H6/c1-15-6-5-9-20-19(15)13-21(28-20)24(32)29-22(16-7-3-2-4-8-16)25(33)27-18(14-30)12-17-10-11-26-23(17)31;1-2(3)4;1-2/h5-6,9,13-14,16-18,22,28H,2-4,7-8,10-12H2,1H3,(H,26,31)(H,27,33)(H,29,32);1H3,(H2,3,4);1-2H3/t17-,18-,22-;;/m0../s1. The van der Waals surface area contributed by atoms with Gasteiger partial charge in [0.05, 0.1) is 6.04 Å². The van der Waals surface area contributed by atoms with Gasteiger partial charge in [-0.15, -0.1) is 0 Å². The molecule has 39 heavy (non-hydrogen) atoms. The number of aldehydes is 1. The lowest BCUT2D eigenvalue weighted by molar-refractivity contribution is -0.128. The average molecular weight is 542 g/mol. The molecule has 0 bridgehead atoms. The smallest absolute Gasteiger partial charge is 0.268 e. The predicted molar refractivity (Wildman–Crippen MR) is 151 cm³/mol. The molecule has 2 aromatic rings. The maximum atomic E-state index is 13.3. The highest BCUT2D eigenvalue weighted by atomic mass is 16.2. The topological polar surface area (TPSA) is 163 Å². The van der Waals surface area contributed by atoms with Crippen LogP contribution in [-0.2, 0) is 19.2 Å². The third kappa shape index (κ3) is 9.23. The molecule has 2 heterocycles. The van der Waals surface area contributed by atoms with Crippen molar-refractivity contribution in [1.82, 2.24) is 20.9 Å². The molecule has 1 aromatic carbocycles. The molecule has 10 heteroatoms. The van der Waals surface area contributed by atoms with Crippen LogP contribution >= 0.6 is 0 Å². The van der Waals surface area contributed by atoms with Crippen molar-refractivity contribution >= 4 is 40.8 Å². The second-order valence-electron chi connectivity index (χ2n) is 9.94. The van der Waals surface area contributed by atoms with E-state index in [2.05, 4.69) is 26.7 Å². The number of rotatable bonds is 8. The molecule has 4 rings (SSSR count). The first kappa shape index (κ1) is 31.5. The number of H-pyrrole nitrogens is 1. The van der Waals surface area contributed by atoms with Gasteiger partial charge in [0.2, 0.25) is 17.7 Å². The lowest BCUT2D eigenvalue weighted by atomic mass is 9.83. The van der Waals surface area contributed by atoms with Gasteiger partial charge in [-0.2, -0.15) is 0 Å². The largest absolute Gasteiger partial charge is 0.370 e. The maximum Gasteiger partial charge on any atom is 0.268 e. The molecule has 6 N–H and O–H groups in total. The van der Waals surface area contributed by atoms with Crippen LogP contribution in [0.25, 0.3) is 10.9 Å². The predicted octanol–water partition coefficient (Wildman–Crippen LogP) is 2.88. The summed E-state index contributed by atoms with van der Waals surface area (Å²) in [6.45, 7) is 7.88. The Morgan fingerprint density at radius 2 is 1.77 bits per heavy atom. The average Bonchev–Trinajstić information content (AvgIpc) is 3.55. The van der Waals surface area contributed by atoms with Crippen molar-refractivity contribution in [3.8, 4) is 0 Å². The Labute approximate surface area is 230 Å². The molecule has 1 aliphatic heterocycles. The molecular formula is C29H43N5O5. The zero-order chi connectivity index (χ0) is 28.9. The third-order valence-electron chi connectivity index (χ3n) is 7.01. The van der Waals surface area contributed by atoms with Crippen LogP contribution in [0.4, 0.5) is 0 Å². The fourth-order valence-electron chi connectivity index (χ4n) is 5.11. The molecule has 4 amide bonds. The minimum Gasteiger partial charge on any atom is -0.370 e. The van der Waals surface area contributed by atoms with E-state index >= 15 is 0 Å². The van der Waals surface area contributed by atoms with E-state index in [1.807, 2.05) is 45.0 Å². The first-order chi connectivity index (χ1) is 18.7. The number of nitrogens with two attached hydrogens (primary N) is 1. The molecule has 0 spiro atoms. The zero-order valence-corrected chi connectivity index (χ0v) is 23.5. The molecule has 10 nitrogen and oxygen atoms in total. The van der Waals surface area contributed by atoms with Gasteiger partial charge in [0.15, 0.2) is 0 Å². The summed E-state index contributed by atoms with van der Waals surface area (Å²) in [7, 11) is 0. The van der Waals surface area contributed by atoms with Gasteiger partial charge in [-0.25, -0.2) is 0 Å². The number of carbonyl (C=O) groups is 5. The van der Waals surface area contributed by atoms with Gasteiger partial charge in [-0.05, 0) is 56.2 Å². The van der Waals surface area contributed by atoms with Gasteiger partial charge in [-0.3, -0.25) is 19.2 Å². The molecule has 3 atom stereocenters. The van der Waals surface area contributed by atoms with Crippen LogP contribution in [0.15, 0.2) is 24.3 Å². The maximum absolute atomic E-state index is 13.3. The highest BCUT2D eigenvalue weighted by molar-refractivity contribution is 6.01. The van der Waals surface area contributed by atoms with Crippen molar-refractivity contribution in [2.24, 2.45) is 17.6 Å². The summed E-state index contributed by atoms with van der Waals surface area (Å²) in [5.74, 6) is -1.39. The Hall–Kier alpha value is -3.69. The Morgan fingerprint density at radius 1 is 1.10 bits per heavy atom. The summed E-state index contributed by atoms with van der Waals surface area (Å²) in [4.78, 5) is 62.3. The van der Waals surface area contributed by atoms with E-state index in [1.165, 1.54) is 6.92 Å². The molecule has 1 saturated heterocycles. The second kappa shape index (κ2) is 15.7. The molecular weight excluding hydrogens is 498 g/mol. The summed E-state index contributed by atoms with van der Waals surface area (Å²) >= 11 is 0. The van der Waals surface area contributed by atoms with Gasteiger partial charge in [0.1, 0.15) is 18.0 Å². The number of fused-ring (bicyclic) bond motifs is 1. The number of carbonyl (C=O) groups excluding carboxylic acids is 5. The van der Waals surface area contributed by atoms with Crippen LogP contribution in [0.5, 0.6) is 0 Å². The summed E-state index contributed by atoms with van der Waals surface area (Å²) in [6.07, 6.45) is 6.44. The zero-order valence-electron chi connectivity index (χ0n) is 23.5. The third-order valence-corrected chi connectivity index (χ3v) is 7.01. The fraction of sp³-hybridized carbons (Fsp3) is 0.552. The number of aromatic nitrogens is 1. The van der Waals surface area contributed by atoms with Gasteiger partial charge in [-0.1, -0.05) is 45.2 Å². The second-order valence-corrected chi connectivity index (χ2v) is 9.94. The number of primary amides is 1. The molecule has 1 aromatic heterocycles. The minimum atomic E-state index is -0.759. The summed E-state index contributed by atoms with van der Waals surface area (Å²) in [6, 6.07) is 6.15. The molecule has 2 fully saturated rings. The lowest BCUT2D eigenvalue weighted by Crippen LogP contribution is -2.54. The molecule has 1 aliphatic carbocycles. The van der Waals surface area contributed by atoms with Gasteiger partial charge < -0.3 is 31.5 Å². The first-order valence-corrected chi connectivity index (χ1v) is 13.9. The van der Waals surface area contributed by atoms with Crippen LogP contribution in [0.3, 0.4) is 0 Å². The summed E-state index contributed by atoms with van der Waals surface area (Å²) in [5.41, 5.74) is 6.81. The highest BCUT2D eigenvalue weighted by Gasteiger charge is 2.34. The van der Waals surface area contributed by atoms with Crippen molar-refractivity contribution in [3.05, 3.63) is 35.5 Å². The van der Waals surface area contributed by atoms with Crippen molar-refractivity contribution in [3.63, 3.8) is 0 Å². The van der Waals surface area contributed by atoms with Crippen LogP contribution < -0.4 is 21.7 Å². The summed E-state index contributed by atoms with van der Waals surface area (Å²) in [5, 5.41) is 9.46. The van der Waals surface area contributed by atoms with E-state index in [1.54, 1.807) is 0 Å². The highest BCUT2D eigenvalue weighted by Crippen LogP contribution is 2.27. The first-order valence-electron chi connectivity index (χ1n) is 13.9. The van der Waals surface area contributed by atoms with Crippen LogP contribution in [-0.4, -0.2) is 53.5 Å². The Bertz CT molecular complexity index is 1130. The summed E-state index contributed by atoms with van der Waals surface area (Å²) < 4.78 is 0. The molecule has 214 valence electrons. The van der Waals surface area contributed by atoms with E-state index in [-0.39, 0.29) is 41.9 Å². The number of amides is 4. The van der Waals surface area contributed by atoms with E-state index in [0.717, 1.165) is 48.6 Å². The quantitative estimate of drug-likeness (QED) is 0.324. The Morgan fingerprint density at radius 3 is 2.33 bits per heavy atom. The van der Waals surface area contributed by atoms with E-state index in [4.69, 9.17) is 0 Å². The number of hydrogen-bond donors (Lipinski definition) is 5.